The number of rotatable bonds is 5. The minimum atomic E-state index is 0.118. The number of hydrogen-bond acceptors (Lipinski definition) is 6. The van der Waals surface area contributed by atoms with E-state index in [4.69, 9.17) is 11.6 Å². The first kappa shape index (κ1) is 19.0. The van der Waals surface area contributed by atoms with Crippen LogP contribution in [0.1, 0.15) is 48.5 Å². The zero-order valence-corrected chi connectivity index (χ0v) is 17.9. The van der Waals surface area contributed by atoms with E-state index in [1.54, 1.807) is 11.3 Å². The predicted molar refractivity (Wildman–Crippen MR) is 117 cm³/mol. The van der Waals surface area contributed by atoms with Gasteiger partial charge in [0.2, 0.25) is 0 Å². The van der Waals surface area contributed by atoms with E-state index in [1.807, 2.05) is 12.1 Å². The monoisotopic (exact) mass is 428 g/mol. The minimum absolute atomic E-state index is 0.118. The van der Waals surface area contributed by atoms with E-state index in [-0.39, 0.29) is 6.04 Å². The van der Waals surface area contributed by atoms with Crippen LogP contribution in [0.2, 0.25) is 5.02 Å². The molecular weight excluding hydrogens is 404 g/mol. The summed E-state index contributed by atoms with van der Waals surface area (Å²) in [5.41, 5.74) is 1.20. The molecule has 2 aromatic heterocycles. The number of thiophene rings is 1. The van der Waals surface area contributed by atoms with Gasteiger partial charge in [-0.05, 0) is 52.9 Å². The average molecular weight is 429 g/mol. The smallest absolute Gasteiger partial charge is 0.174 e. The number of nitrogens with zero attached hydrogens (tertiary/aromatic N) is 6. The second-order valence-corrected chi connectivity index (χ2v) is 9.26. The van der Waals surface area contributed by atoms with Gasteiger partial charge in [-0.2, -0.15) is 0 Å². The summed E-state index contributed by atoms with van der Waals surface area (Å²) in [5, 5.41) is 15.9. The van der Waals surface area contributed by atoms with Gasteiger partial charge in [-0.15, -0.1) is 16.4 Å². The van der Waals surface area contributed by atoms with Crippen molar-refractivity contribution in [1.29, 1.82) is 0 Å². The number of aromatic nitrogens is 4. The quantitative estimate of drug-likeness (QED) is 0.602. The highest BCUT2D eigenvalue weighted by Crippen LogP contribution is 2.36. The molecule has 0 amide bonds. The van der Waals surface area contributed by atoms with Crippen LogP contribution in [0.5, 0.6) is 0 Å². The lowest BCUT2D eigenvalue weighted by molar-refractivity contribution is 0.200. The summed E-state index contributed by atoms with van der Waals surface area (Å²) >= 11 is 7.99. The van der Waals surface area contributed by atoms with E-state index >= 15 is 0 Å². The van der Waals surface area contributed by atoms with Crippen LogP contribution in [0.25, 0.3) is 0 Å². The van der Waals surface area contributed by atoms with Crippen molar-refractivity contribution in [3.63, 3.8) is 0 Å². The van der Waals surface area contributed by atoms with Crippen LogP contribution in [0.4, 0.5) is 5.69 Å². The first-order valence-electron chi connectivity index (χ1n) is 10.4. The fourth-order valence-electron chi connectivity index (χ4n) is 4.62. The van der Waals surface area contributed by atoms with Crippen LogP contribution in [0, 0.1) is 0 Å². The van der Waals surface area contributed by atoms with Crippen LogP contribution in [-0.4, -0.2) is 51.3 Å². The van der Waals surface area contributed by atoms with Crippen LogP contribution in [-0.2, 0) is 0 Å². The molecule has 0 unspecified atom stereocenters. The van der Waals surface area contributed by atoms with Crippen molar-refractivity contribution < 1.29 is 0 Å². The Bertz CT molecular complexity index is 928. The molecule has 1 atom stereocenters. The van der Waals surface area contributed by atoms with E-state index in [1.165, 1.54) is 36.2 Å². The largest absolute Gasteiger partial charge is 0.369 e. The SMILES string of the molecule is Clc1cccc(N2CCN([C@H](c3cccs3)c3nnnn3C3CCCC3)CC2)c1. The topological polar surface area (TPSA) is 50.1 Å². The van der Waals surface area contributed by atoms with Crippen molar-refractivity contribution in [1.82, 2.24) is 25.1 Å². The van der Waals surface area contributed by atoms with Gasteiger partial charge in [0.1, 0.15) is 6.04 Å². The van der Waals surface area contributed by atoms with Crippen molar-refractivity contribution >= 4 is 28.6 Å². The molecule has 152 valence electrons. The highest BCUT2D eigenvalue weighted by molar-refractivity contribution is 7.10. The molecule has 0 bridgehead atoms. The van der Waals surface area contributed by atoms with Crippen molar-refractivity contribution in [3.05, 3.63) is 57.5 Å². The first-order chi connectivity index (χ1) is 14.3. The Labute approximate surface area is 180 Å². The number of anilines is 1. The van der Waals surface area contributed by atoms with Gasteiger partial charge >= 0.3 is 0 Å². The van der Waals surface area contributed by atoms with Gasteiger partial charge in [-0.1, -0.05) is 36.6 Å². The lowest BCUT2D eigenvalue weighted by atomic mass is 10.1. The molecule has 0 N–H and O–H groups in total. The third-order valence-electron chi connectivity index (χ3n) is 6.10. The Morgan fingerprint density at radius 2 is 1.86 bits per heavy atom. The molecule has 1 aliphatic heterocycles. The molecule has 6 nitrogen and oxygen atoms in total. The molecule has 0 spiro atoms. The number of benzene rings is 1. The first-order valence-corrected chi connectivity index (χ1v) is 11.6. The Balaban J connectivity index is 1.39. The Morgan fingerprint density at radius 3 is 2.59 bits per heavy atom. The fraction of sp³-hybridized carbons (Fsp3) is 0.476. The Kier molecular flexibility index (Phi) is 5.52. The maximum atomic E-state index is 6.20. The van der Waals surface area contributed by atoms with E-state index in [0.717, 1.165) is 37.0 Å². The van der Waals surface area contributed by atoms with E-state index in [9.17, 15) is 0 Å². The van der Waals surface area contributed by atoms with E-state index in [2.05, 4.69) is 59.7 Å². The molecule has 3 heterocycles. The van der Waals surface area contributed by atoms with Gasteiger partial charge in [-0.25, -0.2) is 4.68 Å². The average Bonchev–Trinajstić information content (AvgIpc) is 3.51. The zero-order valence-electron chi connectivity index (χ0n) is 16.3. The van der Waals surface area contributed by atoms with Crippen LogP contribution in [0.15, 0.2) is 41.8 Å². The summed E-state index contributed by atoms with van der Waals surface area (Å²) in [6.45, 7) is 3.86. The van der Waals surface area contributed by atoms with Crippen molar-refractivity contribution in [2.75, 3.05) is 31.1 Å². The fourth-order valence-corrected chi connectivity index (χ4v) is 5.66. The molecule has 1 aromatic carbocycles. The Hall–Kier alpha value is -1.96. The van der Waals surface area contributed by atoms with Crippen molar-refractivity contribution in [2.24, 2.45) is 0 Å². The summed E-state index contributed by atoms with van der Waals surface area (Å²) < 4.78 is 2.11. The number of hydrogen-bond donors (Lipinski definition) is 0. The summed E-state index contributed by atoms with van der Waals surface area (Å²) in [5.74, 6) is 0.996. The minimum Gasteiger partial charge on any atom is -0.369 e. The van der Waals surface area contributed by atoms with Gasteiger partial charge in [0.15, 0.2) is 5.82 Å². The van der Waals surface area contributed by atoms with Crippen LogP contribution in [0.3, 0.4) is 0 Å². The molecule has 1 aliphatic carbocycles. The molecule has 0 radical (unpaired) electrons. The molecule has 29 heavy (non-hydrogen) atoms. The highest BCUT2D eigenvalue weighted by Gasteiger charge is 2.33. The summed E-state index contributed by atoms with van der Waals surface area (Å²) in [6.07, 6.45) is 4.90. The molecular formula is C21H25ClN6S. The number of piperazine rings is 1. The third-order valence-corrected chi connectivity index (χ3v) is 7.26. The van der Waals surface area contributed by atoms with E-state index in [0.29, 0.717) is 6.04 Å². The van der Waals surface area contributed by atoms with Gasteiger partial charge < -0.3 is 4.90 Å². The number of halogens is 1. The second-order valence-electron chi connectivity index (χ2n) is 7.84. The zero-order chi connectivity index (χ0) is 19.6. The van der Waals surface area contributed by atoms with E-state index < -0.39 is 0 Å². The maximum absolute atomic E-state index is 6.20. The normalized spacial score (nSPS) is 19.7. The predicted octanol–water partition coefficient (Wildman–Crippen LogP) is 4.41. The molecule has 2 fully saturated rings. The lowest BCUT2D eigenvalue weighted by Gasteiger charge is -2.39. The summed E-state index contributed by atoms with van der Waals surface area (Å²) in [6, 6.07) is 13.0. The molecule has 2 aliphatic rings. The van der Waals surface area contributed by atoms with Crippen molar-refractivity contribution in [2.45, 2.75) is 37.8 Å². The van der Waals surface area contributed by atoms with Gasteiger partial charge in [0.05, 0.1) is 6.04 Å². The third kappa shape index (κ3) is 3.91. The van der Waals surface area contributed by atoms with Gasteiger partial charge in [-0.3, -0.25) is 4.90 Å². The molecule has 8 heteroatoms. The molecule has 5 rings (SSSR count). The summed E-state index contributed by atoms with van der Waals surface area (Å²) in [4.78, 5) is 6.26. The van der Waals surface area contributed by atoms with Crippen LogP contribution >= 0.6 is 22.9 Å². The van der Waals surface area contributed by atoms with Gasteiger partial charge in [0.25, 0.3) is 0 Å². The summed E-state index contributed by atoms with van der Waals surface area (Å²) in [7, 11) is 0. The molecule has 1 saturated heterocycles. The standard InChI is InChI=1S/C21H25ClN6S/c22-16-5-3-8-18(15-16)26-10-12-27(13-11-26)20(19-9-4-14-29-19)21-23-24-25-28(21)17-6-1-2-7-17/h3-5,8-9,14-15,17,20H,1-2,6-7,10-13H2/t20-/m1/s1. The molecule has 3 aromatic rings. The lowest BCUT2D eigenvalue weighted by Crippen LogP contribution is -2.48. The molecule has 1 saturated carbocycles. The Morgan fingerprint density at radius 1 is 1.03 bits per heavy atom. The van der Waals surface area contributed by atoms with Crippen LogP contribution < -0.4 is 4.90 Å². The maximum Gasteiger partial charge on any atom is 0.174 e. The number of tetrazole rings is 1. The van der Waals surface area contributed by atoms with Gasteiger partial charge in [0, 0.05) is 41.8 Å². The highest BCUT2D eigenvalue weighted by atomic mass is 35.5. The van der Waals surface area contributed by atoms with Crippen molar-refractivity contribution in [3.8, 4) is 0 Å². The second kappa shape index (κ2) is 8.42.